The van der Waals surface area contributed by atoms with Crippen LogP contribution in [-0.4, -0.2) is 21.4 Å². The van der Waals surface area contributed by atoms with E-state index in [1.807, 2.05) is 30.3 Å². The number of allylic oxidation sites excluding steroid dienone is 1. The highest BCUT2D eigenvalue weighted by Crippen LogP contribution is 2.38. The Labute approximate surface area is 166 Å². The summed E-state index contributed by atoms with van der Waals surface area (Å²) < 4.78 is 33.0. The molecule has 0 saturated heterocycles. The number of alkyl halides is 2. The van der Waals surface area contributed by atoms with Crippen LogP contribution < -0.4 is 10.1 Å². The summed E-state index contributed by atoms with van der Waals surface area (Å²) in [5, 5.41) is 7.82. The van der Waals surface area contributed by atoms with Crippen LogP contribution in [0.2, 0.25) is 5.02 Å². The third-order valence-electron chi connectivity index (χ3n) is 4.07. The summed E-state index contributed by atoms with van der Waals surface area (Å²) >= 11 is 9.52. The van der Waals surface area contributed by atoms with Crippen LogP contribution in [0.3, 0.4) is 0 Å². The van der Waals surface area contributed by atoms with Gasteiger partial charge in [0.2, 0.25) is 5.95 Å². The summed E-state index contributed by atoms with van der Waals surface area (Å²) in [5.41, 5.74) is 2.15. The molecule has 1 aliphatic heterocycles. The second-order valence-corrected chi connectivity index (χ2v) is 7.10. The molecule has 2 aromatic carbocycles. The van der Waals surface area contributed by atoms with Crippen LogP contribution in [0, 0.1) is 0 Å². The number of aromatic nitrogens is 3. The Bertz CT molecular complexity index is 1010. The lowest BCUT2D eigenvalue weighted by Crippen LogP contribution is -2.21. The fourth-order valence-electron chi connectivity index (χ4n) is 2.91. The molecule has 0 radical (unpaired) electrons. The van der Waals surface area contributed by atoms with E-state index in [1.165, 1.54) is 18.5 Å². The summed E-state index contributed by atoms with van der Waals surface area (Å²) in [6.45, 7) is -2.95. The van der Waals surface area contributed by atoms with Gasteiger partial charge in [0.25, 0.3) is 0 Å². The number of ether oxygens (including phenoxy) is 1. The molecule has 138 valence electrons. The van der Waals surface area contributed by atoms with Gasteiger partial charge >= 0.3 is 6.61 Å². The largest absolute Gasteiger partial charge is 0.434 e. The zero-order chi connectivity index (χ0) is 19.0. The van der Waals surface area contributed by atoms with Crippen molar-refractivity contribution >= 4 is 39.2 Å². The van der Waals surface area contributed by atoms with Gasteiger partial charge in [-0.1, -0.05) is 39.7 Å². The Balaban J connectivity index is 1.83. The van der Waals surface area contributed by atoms with Crippen LogP contribution >= 0.6 is 27.5 Å². The molecule has 0 saturated carbocycles. The van der Waals surface area contributed by atoms with Gasteiger partial charge in [-0.3, -0.25) is 0 Å². The fourth-order valence-corrected chi connectivity index (χ4v) is 3.35. The van der Waals surface area contributed by atoms with Crippen molar-refractivity contribution in [1.82, 2.24) is 14.8 Å². The molecule has 0 unspecified atom stereocenters. The molecule has 2 heterocycles. The van der Waals surface area contributed by atoms with E-state index >= 15 is 0 Å². The number of fused-ring (bicyclic) bond motifs is 1. The van der Waals surface area contributed by atoms with Crippen molar-refractivity contribution in [3.05, 3.63) is 75.5 Å². The standard InChI is InChI=1S/C18H12BrClF2N4O/c19-11-3-1-10(2-4-11)14-8-15(26-18(25-14)23-9-24-26)13-7-12(20)5-6-16(13)27-17(21)22/h1-9,15,17H,(H,23,24,25)/t15-/m1/s1. The van der Waals surface area contributed by atoms with Gasteiger partial charge in [-0.25, -0.2) is 4.68 Å². The average Bonchev–Trinajstić information content (AvgIpc) is 3.11. The zero-order valence-electron chi connectivity index (χ0n) is 13.6. The molecule has 1 aromatic heterocycles. The number of rotatable bonds is 4. The third kappa shape index (κ3) is 3.68. The van der Waals surface area contributed by atoms with Crippen LogP contribution in [0.5, 0.6) is 5.75 Å². The smallest absolute Gasteiger partial charge is 0.387 e. The van der Waals surface area contributed by atoms with Gasteiger partial charge in [0.1, 0.15) is 18.1 Å². The fraction of sp³-hybridized carbons (Fsp3) is 0.111. The van der Waals surface area contributed by atoms with Crippen molar-refractivity contribution in [2.45, 2.75) is 12.7 Å². The van der Waals surface area contributed by atoms with Crippen LogP contribution in [-0.2, 0) is 0 Å². The Kier molecular flexibility index (Phi) is 4.84. The quantitative estimate of drug-likeness (QED) is 0.578. The minimum Gasteiger partial charge on any atom is -0.434 e. The number of halogens is 4. The van der Waals surface area contributed by atoms with Crippen molar-refractivity contribution in [3.8, 4) is 5.75 Å². The summed E-state index contributed by atoms with van der Waals surface area (Å²) in [7, 11) is 0. The Morgan fingerprint density at radius 3 is 2.70 bits per heavy atom. The highest BCUT2D eigenvalue weighted by molar-refractivity contribution is 9.10. The van der Waals surface area contributed by atoms with E-state index in [2.05, 4.69) is 31.3 Å². The summed E-state index contributed by atoms with van der Waals surface area (Å²) in [4.78, 5) is 4.21. The SMILES string of the molecule is FC(F)Oc1ccc(Cl)cc1[C@H]1C=C(c2ccc(Br)cc2)Nc2ncnn21. The molecule has 1 aliphatic rings. The van der Waals surface area contributed by atoms with E-state index in [9.17, 15) is 8.78 Å². The number of nitrogens with zero attached hydrogens (tertiary/aromatic N) is 3. The first kappa shape index (κ1) is 17.9. The maximum absolute atomic E-state index is 12.9. The van der Waals surface area contributed by atoms with Crippen LogP contribution in [0.25, 0.3) is 5.70 Å². The van der Waals surface area contributed by atoms with Gasteiger partial charge in [0, 0.05) is 20.8 Å². The van der Waals surface area contributed by atoms with E-state index in [-0.39, 0.29) is 5.75 Å². The highest BCUT2D eigenvalue weighted by Gasteiger charge is 2.27. The molecule has 27 heavy (non-hydrogen) atoms. The highest BCUT2D eigenvalue weighted by atomic mass is 79.9. The van der Waals surface area contributed by atoms with Crippen molar-refractivity contribution in [2.24, 2.45) is 0 Å². The van der Waals surface area contributed by atoms with Gasteiger partial charge in [0.05, 0.1) is 0 Å². The number of nitrogens with one attached hydrogen (secondary N) is 1. The summed E-state index contributed by atoms with van der Waals surface area (Å²) in [6, 6.07) is 11.7. The van der Waals surface area contributed by atoms with Gasteiger partial charge in [0.15, 0.2) is 0 Å². The summed E-state index contributed by atoms with van der Waals surface area (Å²) in [6.07, 6.45) is 3.26. The second kappa shape index (κ2) is 7.28. The van der Waals surface area contributed by atoms with E-state index in [4.69, 9.17) is 16.3 Å². The molecule has 0 aliphatic carbocycles. The molecule has 3 aromatic rings. The minimum absolute atomic E-state index is 0.0363. The predicted molar refractivity (Wildman–Crippen MR) is 102 cm³/mol. The van der Waals surface area contributed by atoms with E-state index in [0.717, 1.165) is 15.7 Å². The predicted octanol–water partition coefficient (Wildman–Crippen LogP) is 5.35. The first-order valence-corrected chi connectivity index (χ1v) is 9.07. The molecule has 1 atom stereocenters. The molecule has 5 nitrogen and oxygen atoms in total. The Morgan fingerprint density at radius 1 is 1.19 bits per heavy atom. The molecule has 0 spiro atoms. The van der Waals surface area contributed by atoms with Crippen molar-refractivity contribution in [3.63, 3.8) is 0 Å². The monoisotopic (exact) mass is 452 g/mol. The van der Waals surface area contributed by atoms with Crippen molar-refractivity contribution < 1.29 is 13.5 Å². The number of benzene rings is 2. The molecular weight excluding hydrogens is 442 g/mol. The maximum atomic E-state index is 12.9. The average molecular weight is 454 g/mol. The number of hydrogen-bond donors (Lipinski definition) is 1. The first-order valence-electron chi connectivity index (χ1n) is 7.90. The number of anilines is 1. The van der Waals surface area contributed by atoms with E-state index in [0.29, 0.717) is 16.5 Å². The molecule has 4 rings (SSSR count). The summed E-state index contributed by atoms with van der Waals surface area (Å²) in [5.74, 6) is 0.526. The molecule has 0 bridgehead atoms. The molecule has 9 heteroatoms. The van der Waals surface area contributed by atoms with Gasteiger partial charge in [-0.2, -0.15) is 18.9 Å². The molecule has 0 amide bonds. The van der Waals surface area contributed by atoms with Crippen LogP contribution in [0.1, 0.15) is 17.2 Å². The minimum atomic E-state index is -2.95. The molecule has 0 fully saturated rings. The number of hydrogen-bond acceptors (Lipinski definition) is 4. The lowest BCUT2D eigenvalue weighted by atomic mass is 10.0. The Morgan fingerprint density at radius 2 is 1.96 bits per heavy atom. The van der Waals surface area contributed by atoms with E-state index in [1.54, 1.807) is 10.7 Å². The van der Waals surface area contributed by atoms with Gasteiger partial charge in [-0.05, 0) is 42.0 Å². The van der Waals surface area contributed by atoms with Crippen molar-refractivity contribution in [2.75, 3.05) is 5.32 Å². The van der Waals surface area contributed by atoms with Crippen LogP contribution in [0.4, 0.5) is 14.7 Å². The lowest BCUT2D eigenvalue weighted by molar-refractivity contribution is -0.0506. The van der Waals surface area contributed by atoms with Gasteiger partial charge in [-0.15, -0.1) is 0 Å². The lowest BCUT2D eigenvalue weighted by Gasteiger charge is -2.26. The topological polar surface area (TPSA) is 52.0 Å². The normalized spacial score (nSPS) is 15.9. The van der Waals surface area contributed by atoms with Crippen molar-refractivity contribution in [1.29, 1.82) is 0 Å². The van der Waals surface area contributed by atoms with Crippen LogP contribution in [0.15, 0.2) is 59.3 Å². The zero-order valence-corrected chi connectivity index (χ0v) is 16.0. The van der Waals surface area contributed by atoms with E-state index < -0.39 is 12.7 Å². The Hall–Kier alpha value is -2.45. The molecular formula is C18H12BrClF2N4O. The first-order chi connectivity index (χ1) is 13.0. The van der Waals surface area contributed by atoms with Gasteiger partial charge < -0.3 is 10.1 Å². The third-order valence-corrected chi connectivity index (χ3v) is 4.83. The second-order valence-electron chi connectivity index (χ2n) is 5.75. The maximum Gasteiger partial charge on any atom is 0.387 e. The molecule has 1 N–H and O–H groups in total.